The van der Waals surface area contributed by atoms with E-state index in [-0.39, 0.29) is 0 Å². The molecule has 0 aromatic carbocycles. The fourth-order valence-electron chi connectivity index (χ4n) is 6.86. The van der Waals surface area contributed by atoms with Crippen LogP contribution in [0.4, 0.5) is 0 Å². The average molecular weight is 606 g/mol. The lowest BCUT2D eigenvalue weighted by atomic mass is 10.0. The third-order valence-corrected chi connectivity index (χ3v) is 9.98. The highest BCUT2D eigenvalue weighted by Crippen LogP contribution is 2.16. The van der Waals surface area contributed by atoms with Gasteiger partial charge in [-0.25, -0.2) is 0 Å². The number of unbranched alkanes of at least 4 members (excludes halogenated alkanes) is 33. The van der Waals surface area contributed by atoms with E-state index in [2.05, 4.69) is 25.7 Å². The maximum atomic E-state index is 2.85. The summed E-state index contributed by atoms with van der Waals surface area (Å²) in [6.07, 6.45) is 52.6. The number of nitrogens with zero attached hydrogens (tertiary/aromatic N) is 1. The Kier molecular flexibility index (Phi) is 39.9. The SMILES string of the molecule is CCCCCCCCCCCCCCCCCN(CCCCCCCC)CCCCCCCCCCCCCCCCC. The van der Waals surface area contributed by atoms with Crippen molar-refractivity contribution >= 4 is 0 Å². The van der Waals surface area contributed by atoms with Crippen LogP contribution in [0, 0.1) is 0 Å². The highest BCUT2D eigenvalue weighted by Gasteiger charge is 2.05. The minimum absolute atomic E-state index is 1.36. The molecule has 0 saturated carbocycles. The predicted octanol–water partition coefficient (Wildman–Crippen LogP) is 15.4. The van der Waals surface area contributed by atoms with Gasteiger partial charge in [0.2, 0.25) is 0 Å². The standard InChI is InChI=1S/C42H87N/c1-4-7-10-13-16-18-20-22-24-26-28-30-32-35-38-41-43(40-37-34-15-12-9-6-3)42-39-36-33-31-29-27-25-23-21-19-17-14-11-8-5-2/h4-42H2,1-3H3. The second-order valence-electron chi connectivity index (χ2n) is 14.5. The Balaban J connectivity index is 3.73. The van der Waals surface area contributed by atoms with E-state index >= 15 is 0 Å². The summed E-state index contributed by atoms with van der Waals surface area (Å²) in [5.41, 5.74) is 0. The summed E-state index contributed by atoms with van der Waals surface area (Å²) in [6, 6.07) is 0. The van der Waals surface area contributed by atoms with E-state index in [1.54, 1.807) is 0 Å². The molecule has 0 aromatic rings. The van der Waals surface area contributed by atoms with Crippen LogP contribution in [-0.2, 0) is 0 Å². The molecule has 0 aliphatic rings. The molecule has 0 aliphatic carbocycles. The maximum absolute atomic E-state index is 2.85. The molecular weight excluding hydrogens is 518 g/mol. The van der Waals surface area contributed by atoms with E-state index in [0.29, 0.717) is 0 Å². The summed E-state index contributed by atoms with van der Waals surface area (Å²) in [4.78, 5) is 2.85. The lowest BCUT2D eigenvalue weighted by Gasteiger charge is -2.22. The Morgan fingerprint density at radius 2 is 0.326 bits per heavy atom. The third kappa shape index (κ3) is 38.1. The monoisotopic (exact) mass is 606 g/mol. The summed E-state index contributed by atoms with van der Waals surface area (Å²) < 4.78 is 0. The van der Waals surface area contributed by atoms with Gasteiger partial charge in [-0.05, 0) is 38.9 Å². The van der Waals surface area contributed by atoms with Crippen LogP contribution in [0.25, 0.3) is 0 Å². The third-order valence-electron chi connectivity index (χ3n) is 9.98. The molecule has 0 N–H and O–H groups in total. The molecule has 0 heterocycles. The Hall–Kier alpha value is -0.0400. The Bertz CT molecular complexity index is 426. The normalized spacial score (nSPS) is 11.7. The van der Waals surface area contributed by atoms with Crippen LogP contribution in [0.2, 0.25) is 0 Å². The van der Waals surface area contributed by atoms with E-state index in [1.165, 1.54) is 251 Å². The molecule has 0 saturated heterocycles. The molecular formula is C42H87N. The first-order valence-corrected chi connectivity index (χ1v) is 21.1. The molecule has 0 radical (unpaired) electrons. The Morgan fingerprint density at radius 3 is 0.488 bits per heavy atom. The zero-order valence-corrected chi connectivity index (χ0v) is 31.0. The van der Waals surface area contributed by atoms with Crippen molar-refractivity contribution in [1.82, 2.24) is 4.90 Å². The predicted molar refractivity (Wildman–Crippen MR) is 200 cm³/mol. The van der Waals surface area contributed by atoms with Crippen LogP contribution in [0.3, 0.4) is 0 Å². The van der Waals surface area contributed by atoms with E-state index in [0.717, 1.165) is 0 Å². The van der Waals surface area contributed by atoms with Gasteiger partial charge in [-0.3, -0.25) is 0 Å². The van der Waals surface area contributed by atoms with Gasteiger partial charge in [0.05, 0.1) is 0 Å². The van der Waals surface area contributed by atoms with Crippen LogP contribution in [0.15, 0.2) is 0 Å². The van der Waals surface area contributed by atoms with Crippen LogP contribution < -0.4 is 0 Å². The van der Waals surface area contributed by atoms with Gasteiger partial charge in [-0.1, -0.05) is 233 Å². The van der Waals surface area contributed by atoms with Crippen molar-refractivity contribution < 1.29 is 0 Å². The van der Waals surface area contributed by atoms with E-state index in [9.17, 15) is 0 Å². The van der Waals surface area contributed by atoms with E-state index in [4.69, 9.17) is 0 Å². The van der Waals surface area contributed by atoms with Crippen molar-refractivity contribution in [3.63, 3.8) is 0 Å². The average Bonchev–Trinajstić information content (AvgIpc) is 3.02. The fraction of sp³-hybridized carbons (Fsp3) is 1.00. The molecule has 1 heteroatoms. The molecule has 0 fully saturated rings. The van der Waals surface area contributed by atoms with Gasteiger partial charge in [0, 0.05) is 0 Å². The lowest BCUT2D eigenvalue weighted by molar-refractivity contribution is 0.254. The van der Waals surface area contributed by atoms with Gasteiger partial charge in [-0.2, -0.15) is 0 Å². The highest BCUT2D eigenvalue weighted by atomic mass is 15.1. The van der Waals surface area contributed by atoms with Gasteiger partial charge >= 0.3 is 0 Å². The molecule has 0 aliphatic heterocycles. The van der Waals surface area contributed by atoms with Crippen LogP contribution in [0.5, 0.6) is 0 Å². The molecule has 1 nitrogen and oxygen atoms in total. The smallest absolute Gasteiger partial charge is 0.00187 e. The zero-order chi connectivity index (χ0) is 31.2. The summed E-state index contributed by atoms with van der Waals surface area (Å²) in [7, 11) is 0. The van der Waals surface area contributed by atoms with Gasteiger partial charge < -0.3 is 4.90 Å². The first-order chi connectivity index (χ1) is 21.3. The van der Waals surface area contributed by atoms with E-state index < -0.39 is 0 Å². The van der Waals surface area contributed by atoms with Gasteiger partial charge in [0.15, 0.2) is 0 Å². The molecule has 0 bridgehead atoms. The van der Waals surface area contributed by atoms with Crippen molar-refractivity contribution in [3.8, 4) is 0 Å². The highest BCUT2D eigenvalue weighted by molar-refractivity contribution is 4.61. The molecule has 260 valence electrons. The summed E-state index contributed by atoms with van der Waals surface area (Å²) in [5.74, 6) is 0. The Labute approximate surface area is 275 Å². The molecule has 0 spiro atoms. The summed E-state index contributed by atoms with van der Waals surface area (Å²) in [5, 5.41) is 0. The minimum Gasteiger partial charge on any atom is -0.303 e. The van der Waals surface area contributed by atoms with Gasteiger partial charge in [0.25, 0.3) is 0 Å². The summed E-state index contributed by atoms with van der Waals surface area (Å²) >= 11 is 0. The largest absolute Gasteiger partial charge is 0.303 e. The molecule has 0 unspecified atom stereocenters. The number of hydrogen-bond acceptors (Lipinski definition) is 1. The van der Waals surface area contributed by atoms with Crippen LogP contribution in [-0.4, -0.2) is 24.5 Å². The topological polar surface area (TPSA) is 3.24 Å². The minimum atomic E-state index is 1.36. The Morgan fingerprint density at radius 1 is 0.186 bits per heavy atom. The lowest BCUT2D eigenvalue weighted by Crippen LogP contribution is -2.27. The molecule has 0 rings (SSSR count). The number of hydrogen-bond donors (Lipinski definition) is 0. The molecule has 0 aromatic heterocycles. The summed E-state index contributed by atoms with van der Waals surface area (Å²) in [6.45, 7) is 11.1. The quantitative estimate of drug-likeness (QED) is 0.0630. The molecule has 0 amide bonds. The second kappa shape index (κ2) is 40.0. The van der Waals surface area contributed by atoms with Crippen molar-refractivity contribution in [1.29, 1.82) is 0 Å². The molecule has 0 atom stereocenters. The first kappa shape index (κ1) is 43.0. The van der Waals surface area contributed by atoms with Crippen molar-refractivity contribution in [2.75, 3.05) is 19.6 Å². The van der Waals surface area contributed by atoms with E-state index in [1.807, 2.05) is 0 Å². The van der Waals surface area contributed by atoms with Crippen molar-refractivity contribution in [3.05, 3.63) is 0 Å². The van der Waals surface area contributed by atoms with Crippen molar-refractivity contribution in [2.24, 2.45) is 0 Å². The van der Waals surface area contributed by atoms with Gasteiger partial charge in [0.1, 0.15) is 0 Å². The maximum Gasteiger partial charge on any atom is -0.00187 e. The molecule has 43 heavy (non-hydrogen) atoms. The second-order valence-corrected chi connectivity index (χ2v) is 14.5. The zero-order valence-electron chi connectivity index (χ0n) is 31.0. The van der Waals surface area contributed by atoms with Gasteiger partial charge in [-0.15, -0.1) is 0 Å². The number of rotatable bonds is 39. The van der Waals surface area contributed by atoms with Crippen LogP contribution in [0.1, 0.15) is 252 Å². The van der Waals surface area contributed by atoms with Crippen molar-refractivity contribution in [2.45, 2.75) is 252 Å². The fourth-order valence-corrected chi connectivity index (χ4v) is 6.86. The van der Waals surface area contributed by atoms with Crippen LogP contribution >= 0.6 is 0 Å². The first-order valence-electron chi connectivity index (χ1n) is 21.1.